The Morgan fingerprint density at radius 3 is 2.45 bits per heavy atom. The van der Waals surface area contributed by atoms with Crippen molar-refractivity contribution in [3.8, 4) is 5.75 Å². The van der Waals surface area contributed by atoms with Gasteiger partial charge in [0, 0.05) is 17.6 Å². The molecule has 0 saturated carbocycles. The van der Waals surface area contributed by atoms with E-state index in [-0.39, 0.29) is 11.1 Å². The lowest BCUT2D eigenvalue weighted by molar-refractivity contribution is -0.124. The zero-order chi connectivity index (χ0) is 21.4. The summed E-state index contributed by atoms with van der Waals surface area (Å²) >= 11 is 0. The molecular weight excluding hydrogens is 383 g/mol. The van der Waals surface area contributed by atoms with Gasteiger partial charge in [0.2, 0.25) is 0 Å². The number of imide groups is 1. The first kappa shape index (κ1) is 21.6. The number of phenolic OH excluding ortho intramolecular Hbond substituents is 1. The molecular formula is C20H19FN2O6. The highest BCUT2D eigenvalue weighted by Crippen LogP contribution is 2.30. The molecule has 4 N–H and O–H groups in total. The minimum atomic E-state index is -1.10. The monoisotopic (exact) mass is 402 g/mol. The molecule has 0 heterocycles. The molecule has 0 aliphatic rings. The Kier molecular flexibility index (Phi) is 7.44. The lowest BCUT2D eigenvalue weighted by Gasteiger charge is -2.22. The predicted molar refractivity (Wildman–Crippen MR) is 99.4 cm³/mol. The number of alkyl carbamates (subject to hydrolysis) is 1. The first-order valence-corrected chi connectivity index (χ1v) is 8.49. The average Bonchev–Trinajstić information content (AvgIpc) is 2.72. The molecule has 2 atom stereocenters. The Hall–Kier alpha value is -3.72. The number of phenols is 1. The van der Waals surface area contributed by atoms with Crippen LogP contribution >= 0.6 is 0 Å². The highest BCUT2D eigenvalue weighted by Gasteiger charge is 2.24. The number of carbonyl (C=O) groups is 3. The van der Waals surface area contributed by atoms with Crippen molar-refractivity contribution in [2.75, 3.05) is 0 Å². The Morgan fingerprint density at radius 2 is 1.83 bits per heavy atom. The van der Waals surface area contributed by atoms with E-state index >= 15 is 0 Å². The number of carbonyl (C=O) groups excluding carboxylic acids is 3. The van der Waals surface area contributed by atoms with E-state index in [0.717, 1.165) is 18.2 Å². The topological polar surface area (TPSA) is 125 Å². The number of halogens is 1. The number of amides is 3. The second-order valence-electron chi connectivity index (χ2n) is 6.05. The standard InChI is InChI=1S/C20H19FN2O6/c1-12(7-10-17(25)23-28)18(14-8-9-16(24)15(21)11-14)29-20(27)22-19(26)13-5-3-2-4-6-13/h2-12,18,24,28H,1H3,(H,23,25)(H,22,26,27)/b10-7+/t12-,18+/m0/s1. The Morgan fingerprint density at radius 1 is 1.14 bits per heavy atom. The summed E-state index contributed by atoms with van der Waals surface area (Å²) in [5.41, 5.74) is 1.84. The largest absolute Gasteiger partial charge is 0.505 e. The highest BCUT2D eigenvalue weighted by molar-refractivity contribution is 6.02. The van der Waals surface area contributed by atoms with Crippen molar-refractivity contribution in [3.05, 3.63) is 77.6 Å². The number of nitrogens with one attached hydrogen (secondary N) is 2. The van der Waals surface area contributed by atoms with Crippen LogP contribution in [0.2, 0.25) is 0 Å². The molecule has 9 heteroatoms. The van der Waals surface area contributed by atoms with Crippen LogP contribution in [-0.2, 0) is 9.53 Å². The fourth-order valence-electron chi connectivity index (χ4n) is 2.46. The molecule has 152 valence electrons. The summed E-state index contributed by atoms with van der Waals surface area (Å²) in [6, 6.07) is 11.4. The second kappa shape index (κ2) is 10.00. The van der Waals surface area contributed by atoms with Crippen LogP contribution in [0.25, 0.3) is 0 Å². The summed E-state index contributed by atoms with van der Waals surface area (Å²) in [6.07, 6.45) is 0.151. The van der Waals surface area contributed by atoms with E-state index < -0.39 is 41.5 Å². The summed E-state index contributed by atoms with van der Waals surface area (Å²) in [7, 11) is 0. The summed E-state index contributed by atoms with van der Waals surface area (Å²) in [4.78, 5) is 35.5. The molecule has 0 aliphatic carbocycles. The normalized spacial score (nSPS) is 12.8. The molecule has 0 unspecified atom stereocenters. The minimum absolute atomic E-state index is 0.184. The molecule has 2 rings (SSSR count). The molecule has 3 amide bonds. The van der Waals surface area contributed by atoms with Gasteiger partial charge in [-0.05, 0) is 29.8 Å². The van der Waals surface area contributed by atoms with Crippen LogP contribution in [0.15, 0.2) is 60.7 Å². The Balaban J connectivity index is 2.20. The molecule has 2 aromatic carbocycles. The molecule has 0 saturated heterocycles. The zero-order valence-electron chi connectivity index (χ0n) is 15.3. The van der Waals surface area contributed by atoms with Crippen molar-refractivity contribution in [3.63, 3.8) is 0 Å². The van der Waals surface area contributed by atoms with Crippen molar-refractivity contribution < 1.29 is 33.8 Å². The van der Waals surface area contributed by atoms with Crippen LogP contribution < -0.4 is 10.8 Å². The average molecular weight is 402 g/mol. The fraction of sp³-hybridized carbons (Fsp3) is 0.150. The van der Waals surface area contributed by atoms with Crippen LogP contribution in [0.4, 0.5) is 9.18 Å². The van der Waals surface area contributed by atoms with Gasteiger partial charge >= 0.3 is 6.09 Å². The van der Waals surface area contributed by atoms with Crippen LogP contribution in [-0.4, -0.2) is 28.2 Å². The number of hydrogen-bond acceptors (Lipinski definition) is 6. The van der Waals surface area contributed by atoms with Gasteiger partial charge in [-0.1, -0.05) is 37.3 Å². The van der Waals surface area contributed by atoms with Crippen LogP contribution in [0.5, 0.6) is 5.75 Å². The third-order valence-corrected chi connectivity index (χ3v) is 3.92. The van der Waals surface area contributed by atoms with E-state index in [4.69, 9.17) is 9.94 Å². The SMILES string of the molecule is C[C@@H](/C=C/C(=O)NO)[C@@H](OC(=O)NC(=O)c1ccccc1)c1ccc(O)c(F)c1. The molecule has 0 aromatic heterocycles. The van der Waals surface area contributed by atoms with Crippen LogP contribution in [0.3, 0.4) is 0 Å². The molecule has 0 aliphatic heterocycles. The maximum atomic E-state index is 13.8. The lowest BCUT2D eigenvalue weighted by Crippen LogP contribution is -2.33. The second-order valence-corrected chi connectivity index (χ2v) is 6.05. The summed E-state index contributed by atoms with van der Waals surface area (Å²) in [5.74, 6) is -3.67. The molecule has 0 spiro atoms. The van der Waals surface area contributed by atoms with Gasteiger partial charge in [0.1, 0.15) is 6.10 Å². The Bertz CT molecular complexity index is 916. The maximum absolute atomic E-state index is 13.8. The van der Waals surface area contributed by atoms with Gasteiger partial charge in [-0.15, -0.1) is 0 Å². The maximum Gasteiger partial charge on any atom is 0.414 e. The molecule has 8 nitrogen and oxygen atoms in total. The first-order valence-electron chi connectivity index (χ1n) is 8.49. The molecule has 0 fully saturated rings. The highest BCUT2D eigenvalue weighted by atomic mass is 19.1. The molecule has 2 aromatic rings. The van der Waals surface area contributed by atoms with Gasteiger partial charge in [0.05, 0.1) is 0 Å². The molecule has 29 heavy (non-hydrogen) atoms. The van der Waals surface area contributed by atoms with E-state index in [0.29, 0.717) is 0 Å². The number of ether oxygens (including phenoxy) is 1. The Labute approximate surface area is 165 Å². The predicted octanol–water partition coefficient (Wildman–Crippen LogP) is 2.84. The number of aromatic hydroxyl groups is 1. The van der Waals surface area contributed by atoms with Gasteiger partial charge in [-0.25, -0.2) is 14.7 Å². The number of hydroxylamine groups is 1. The number of benzene rings is 2. The van der Waals surface area contributed by atoms with Gasteiger partial charge in [0.25, 0.3) is 11.8 Å². The van der Waals surface area contributed by atoms with Gasteiger partial charge in [0.15, 0.2) is 11.6 Å². The van der Waals surface area contributed by atoms with Crippen molar-refractivity contribution in [1.82, 2.24) is 10.8 Å². The fourth-order valence-corrected chi connectivity index (χ4v) is 2.46. The number of rotatable bonds is 6. The van der Waals surface area contributed by atoms with E-state index in [1.54, 1.807) is 25.1 Å². The third-order valence-electron chi connectivity index (χ3n) is 3.92. The number of hydrogen-bond donors (Lipinski definition) is 4. The zero-order valence-corrected chi connectivity index (χ0v) is 15.3. The van der Waals surface area contributed by atoms with Gasteiger partial charge in [-0.3, -0.25) is 20.1 Å². The quantitative estimate of drug-likeness (QED) is 0.335. The lowest BCUT2D eigenvalue weighted by atomic mass is 9.96. The van der Waals surface area contributed by atoms with Crippen LogP contribution in [0, 0.1) is 11.7 Å². The minimum Gasteiger partial charge on any atom is -0.505 e. The van der Waals surface area contributed by atoms with Crippen molar-refractivity contribution in [1.29, 1.82) is 0 Å². The van der Waals surface area contributed by atoms with Crippen molar-refractivity contribution in [2.24, 2.45) is 5.92 Å². The van der Waals surface area contributed by atoms with E-state index in [1.165, 1.54) is 29.8 Å². The van der Waals surface area contributed by atoms with Crippen molar-refractivity contribution >= 4 is 17.9 Å². The smallest absolute Gasteiger partial charge is 0.414 e. The van der Waals surface area contributed by atoms with E-state index in [1.807, 2.05) is 0 Å². The summed E-state index contributed by atoms with van der Waals surface area (Å²) < 4.78 is 19.1. The van der Waals surface area contributed by atoms with Crippen LogP contribution in [0.1, 0.15) is 28.9 Å². The van der Waals surface area contributed by atoms with Gasteiger partial charge in [-0.2, -0.15) is 0 Å². The summed E-state index contributed by atoms with van der Waals surface area (Å²) in [5, 5.41) is 20.0. The third kappa shape index (κ3) is 6.15. The summed E-state index contributed by atoms with van der Waals surface area (Å²) in [6.45, 7) is 1.57. The van der Waals surface area contributed by atoms with E-state index in [9.17, 15) is 23.9 Å². The molecule has 0 bridgehead atoms. The van der Waals surface area contributed by atoms with E-state index in [2.05, 4.69) is 5.32 Å². The first-order chi connectivity index (χ1) is 13.8. The van der Waals surface area contributed by atoms with Crippen molar-refractivity contribution in [2.45, 2.75) is 13.0 Å². The molecule has 0 radical (unpaired) electrons. The van der Waals surface area contributed by atoms with Gasteiger partial charge < -0.3 is 9.84 Å².